The highest BCUT2D eigenvalue weighted by Crippen LogP contribution is 2.09. The minimum Gasteiger partial charge on any atom is -0.490 e. The molecule has 0 aromatic carbocycles. The van der Waals surface area contributed by atoms with E-state index in [1.165, 1.54) is 25.7 Å². The molecule has 19 heavy (non-hydrogen) atoms. The topological polar surface area (TPSA) is 63.7 Å². The van der Waals surface area contributed by atoms with Gasteiger partial charge in [-0.05, 0) is 25.0 Å². The van der Waals surface area contributed by atoms with Crippen molar-refractivity contribution in [1.82, 2.24) is 9.88 Å². The summed E-state index contributed by atoms with van der Waals surface area (Å²) < 4.78 is 5.52. The summed E-state index contributed by atoms with van der Waals surface area (Å²) in [5.41, 5.74) is 6.01. The van der Waals surface area contributed by atoms with Crippen molar-refractivity contribution >= 4 is 5.96 Å². The monoisotopic (exact) mass is 262 g/mol. The van der Waals surface area contributed by atoms with Crippen LogP contribution in [-0.2, 0) is 0 Å². The van der Waals surface area contributed by atoms with Crippen LogP contribution in [0.5, 0.6) is 5.75 Å². The van der Waals surface area contributed by atoms with Crippen molar-refractivity contribution in [3.05, 3.63) is 24.5 Å². The number of ether oxygens (including phenoxy) is 1. The van der Waals surface area contributed by atoms with Gasteiger partial charge in [0.1, 0.15) is 12.4 Å². The lowest BCUT2D eigenvalue weighted by atomic mass is 10.2. The van der Waals surface area contributed by atoms with Gasteiger partial charge in [0.25, 0.3) is 0 Å². The first kappa shape index (κ1) is 13.6. The van der Waals surface area contributed by atoms with E-state index in [1.54, 1.807) is 12.4 Å². The molecule has 0 spiro atoms. The van der Waals surface area contributed by atoms with Gasteiger partial charge >= 0.3 is 0 Å². The Labute approximate surface area is 114 Å². The van der Waals surface area contributed by atoms with Crippen LogP contribution in [-0.4, -0.2) is 42.1 Å². The van der Waals surface area contributed by atoms with E-state index < -0.39 is 0 Å². The molecular formula is C14H22N4O. The summed E-state index contributed by atoms with van der Waals surface area (Å²) in [5, 5.41) is 0. The van der Waals surface area contributed by atoms with E-state index in [-0.39, 0.29) is 0 Å². The average molecular weight is 262 g/mol. The number of aromatic nitrogens is 1. The molecule has 2 rings (SSSR count). The Hall–Kier alpha value is -1.78. The van der Waals surface area contributed by atoms with Crippen molar-refractivity contribution in [3.8, 4) is 5.75 Å². The molecule has 0 bridgehead atoms. The number of guanidine groups is 1. The lowest BCUT2D eigenvalue weighted by molar-refractivity contribution is 0.326. The maximum absolute atomic E-state index is 6.01. The first-order valence-electron chi connectivity index (χ1n) is 6.94. The molecule has 1 aromatic heterocycles. The number of rotatable bonds is 4. The molecule has 0 saturated carbocycles. The van der Waals surface area contributed by atoms with Crippen LogP contribution in [0.2, 0.25) is 0 Å². The summed E-state index contributed by atoms with van der Waals surface area (Å²) in [4.78, 5) is 10.5. The fraction of sp³-hybridized carbons (Fsp3) is 0.571. The number of nitrogens with zero attached hydrogens (tertiary/aromatic N) is 3. The van der Waals surface area contributed by atoms with Gasteiger partial charge in [0.15, 0.2) is 5.96 Å². The minimum atomic E-state index is 0.528. The SMILES string of the molecule is NC(=NCCOc1cccnc1)N1CCCCCC1. The molecule has 0 amide bonds. The van der Waals surface area contributed by atoms with Gasteiger partial charge in [0.2, 0.25) is 0 Å². The third kappa shape index (κ3) is 4.77. The minimum absolute atomic E-state index is 0.528. The number of hydrogen-bond acceptors (Lipinski definition) is 3. The molecule has 0 aliphatic carbocycles. The summed E-state index contributed by atoms with van der Waals surface area (Å²) in [6.07, 6.45) is 8.44. The first-order chi connectivity index (χ1) is 9.36. The van der Waals surface area contributed by atoms with Crippen LogP contribution in [0.3, 0.4) is 0 Å². The van der Waals surface area contributed by atoms with Crippen LogP contribution >= 0.6 is 0 Å². The van der Waals surface area contributed by atoms with E-state index in [0.29, 0.717) is 19.1 Å². The smallest absolute Gasteiger partial charge is 0.191 e. The maximum atomic E-state index is 6.01. The number of likely N-dealkylation sites (tertiary alicyclic amines) is 1. The molecule has 1 fully saturated rings. The molecule has 0 unspecified atom stereocenters. The Bertz CT molecular complexity index is 386. The Morgan fingerprint density at radius 3 is 2.79 bits per heavy atom. The van der Waals surface area contributed by atoms with Crippen molar-refractivity contribution in [2.45, 2.75) is 25.7 Å². The van der Waals surface area contributed by atoms with Crippen LogP contribution in [0, 0.1) is 0 Å². The Balaban J connectivity index is 1.72. The fourth-order valence-electron chi connectivity index (χ4n) is 2.16. The molecule has 1 saturated heterocycles. The van der Waals surface area contributed by atoms with E-state index >= 15 is 0 Å². The van der Waals surface area contributed by atoms with E-state index in [0.717, 1.165) is 18.8 Å². The van der Waals surface area contributed by atoms with Gasteiger partial charge in [0, 0.05) is 19.3 Å². The van der Waals surface area contributed by atoms with Crippen LogP contribution in [0.25, 0.3) is 0 Å². The normalized spacial score (nSPS) is 17.1. The molecule has 2 N–H and O–H groups in total. The summed E-state index contributed by atoms with van der Waals surface area (Å²) in [6, 6.07) is 3.74. The van der Waals surface area contributed by atoms with Crippen LogP contribution in [0.15, 0.2) is 29.5 Å². The van der Waals surface area contributed by atoms with Crippen LogP contribution < -0.4 is 10.5 Å². The Morgan fingerprint density at radius 2 is 2.11 bits per heavy atom. The van der Waals surface area contributed by atoms with Gasteiger partial charge in [-0.2, -0.15) is 0 Å². The van der Waals surface area contributed by atoms with Crippen molar-refractivity contribution < 1.29 is 4.74 Å². The van der Waals surface area contributed by atoms with Gasteiger partial charge in [-0.25, -0.2) is 4.99 Å². The second-order valence-electron chi connectivity index (χ2n) is 4.68. The molecule has 0 atom stereocenters. The fourth-order valence-corrected chi connectivity index (χ4v) is 2.16. The van der Waals surface area contributed by atoms with Crippen LogP contribution in [0.1, 0.15) is 25.7 Å². The first-order valence-corrected chi connectivity index (χ1v) is 6.94. The predicted octanol–water partition coefficient (Wildman–Crippen LogP) is 1.65. The molecule has 1 aliphatic heterocycles. The van der Waals surface area contributed by atoms with Crippen molar-refractivity contribution in [2.24, 2.45) is 10.7 Å². The zero-order valence-electron chi connectivity index (χ0n) is 11.3. The van der Waals surface area contributed by atoms with Crippen LogP contribution in [0.4, 0.5) is 0 Å². The number of pyridine rings is 1. The largest absolute Gasteiger partial charge is 0.490 e. The molecule has 104 valence electrons. The second-order valence-corrected chi connectivity index (χ2v) is 4.68. The van der Waals surface area contributed by atoms with Crippen molar-refractivity contribution in [2.75, 3.05) is 26.2 Å². The Morgan fingerprint density at radius 1 is 1.32 bits per heavy atom. The van der Waals surface area contributed by atoms with Gasteiger partial charge in [-0.1, -0.05) is 12.8 Å². The van der Waals surface area contributed by atoms with Gasteiger partial charge in [0.05, 0.1) is 12.7 Å². The molecule has 0 radical (unpaired) electrons. The van der Waals surface area contributed by atoms with E-state index in [1.807, 2.05) is 12.1 Å². The standard InChI is InChI=1S/C14H22N4O/c15-14(18-9-3-1-2-4-10-18)17-8-11-19-13-6-5-7-16-12-13/h5-7,12H,1-4,8-11H2,(H2,15,17). The Kier molecular flexibility index (Phi) is 5.47. The molecular weight excluding hydrogens is 240 g/mol. The highest BCUT2D eigenvalue weighted by molar-refractivity contribution is 5.78. The lowest BCUT2D eigenvalue weighted by Crippen LogP contribution is -2.38. The number of nitrogens with two attached hydrogens (primary N) is 1. The molecule has 1 aliphatic rings. The molecule has 5 heteroatoms. The zero-order valence-corrected chi connectivity index (χ0v) is 11.3. The maximum Gasteiger partial charge on any atom is 0.191 e. The predicted molar refractivity (Wildman–Crippen MR) is 76.3 cm³/mol. The summed E-state index contributed by atoms with van der Waals surface area (Å²) in [5.74, 6) is 1.42. The zero-order chi connectivity index (χ0) is 13.3. The highest BCUT2D eigenvalue weighted by atomic mass is 16.5. The number of aliphatic imine (C=N–C) groups is 1. The summed E-state index contributed by atoms with van der Waals surface area (Å²) in [7, 11) is 0. The summed E-state index contributed by atoms with van der Waals surface area (Å²) in [6.45, 7) is 3.16. The second kappa shape index (κ2) is 7.61. The quantitative estimate of drug-likeness (QED) is 0.509. The average Bonchev–Trinajstić information content (AvgIpc) is 2.73. The van der Waals surface area contributed by atoms with Gasteiger partial charge in [-0.3, -0.25) is 4.98 Å². The molecule has 2 heterocycles. The lowest BCUT2D eigenvalue weighted by Gasteiger charge is -2.21. The third-order valence-corrected chi connectivity index (χ3v) is 3.20. The van der Waals surface area contributed by atoms with Crippen molar-refractivity contribution in [1.29, 1.82) is 0 Å². The van der Waals surface area contributed by atoms with Gasteiger partial charge in [-0.15, -0.1) is 0 Å². The third-order valence-electron chi connectivity index (χ3n) is 3.20. The van der Waals surface area contributed by atoms with E-state index in [9.17, 15) is 0 Å². The summed E-state index contributed by atoms with van der Waals surface area (Å²) >= 11 is 0. The highest BCUT2D eigenvalue weighted by Gasteiger charge is 2.10. The molecule has 5 nitrogen and oxygen atoms in total. The van der Waals surface area contributed by atoms with Gasteiger partial charge < -0.3 is 15.4 Å². The van der Waals surface area contributed by atoms with Crippen molar-refractivity contribution in [3.63, 3.8) is 0 Å². The van der Waals surface area contributed by atoms with E-state index in [2.05, 4.69) is 14.9 Å². The van der Waals surface area contributed by atoms with E-state index in [4.69, 9.17) is 10.5 Å². The molecule has 1 aromatic rings. The number of hydrogen-bond donors (Lipinski definition) is 1.